The van der Waals surface area contributed by atoms with E-state index in [-0.39, 0.29) is 17.4 Å². The number of aryl methyl sites for hydroxylation is 1. The number of morpholine rings is 1. The number of thiazole rings is 1. The highest BCUT2D eigenvalue weighted by Crippen LogP contribution is 2.23. The maximum Gasteiger partial charge on any atom is 0.223 e. The van der Waals surface area contributed by atoms with E-state index >= 15 is 0 Å². The third-order valence-electron chi connectivity index (χ3n) is 3.98. The Kier molecular flexibility index (Phi) is 4.96. The molecule has 0 aromatic carbocycles. The smallest absolute Gasteiger partial charge is 0.223 e. The maximum absolute atomic E-state index is 12.4. The fourth-order valence-electron chi connectivity index (χ4n) is 2.55. The van der Waals surface area contributed by atoms with E-state index in [1.54, 1.807) is 16.8 Å². The Labute approximate surface area is 145 Å². The summed E-state index contributed by atoms with van der Waals surface area (Å²) in [5, 5.41) is 9.22. The third kappa shape index (κ3) is 3.99. The van der Waals surface area contributed by atoms with Crippen molar-refractivity contribution in [2.45, 2.75) is 45.1 Å². The van der Waals surface area contributed by atoms with Gasteiger partial charge in [-0.05, 0) is 6.42 Å². The number of H-pyrrole nitrogens is 1. The van der Waals surface area contributed by atoms with Crippen LogP contribution in [-0.2, 0) is 21.4 Å². The molecule has 24 heavy (non-hydrogen) atoms. The Hall–Kier alpha value is -1.80. The van der Waals surface area contributed by atoms with Gasteiger partial charge in [-0.15, -0.1) is 11.3 Å². The molecule has 1 saturated heterocycles. The molecule has 0 unspecified atom stereocenters. The SMILES string of the molecule is CC(C)(C)c1n[nH]c([C@H]2CN(C(=O)CCc3cscn3)CCO2)n1. The predicted octanol–water partition coefficient (Wildman–Crippen LogP) is 2.09. The van der Waals surface area contributed by atoms with Gasteiger partial charge < -0.3 is 9.64 Å². The van der Waals surface area contributed by atoms with E-state index in [4.69, 9.17) is 4.74 Å². The van der Waals surface area contributed by atoms with Crippen molar-refractivity contribution in [1.82, 2.24) is 25.1 Å². The summed E-state index contributed by atoms with van der Waals surface area (Å²) in [7, 11) is 0. The van der Waals surface area contributed by atoms with Gasteiger partial charge in [-0.3, -0.25) is 9.89 Å². The molecule has 1 aliphatic heterocycles. The minimum atomic E-state index is -0.245. The molecule has 1 atom stereocenters. The van der Waals surface area contributed by atoms with Gasteiger partial charge in [0, 0.05) is 23.8 Å². The summed E-state index contributed by atoms with van der Waals surface area (Å²) in [6.07, 6.45) is 0.909. The zero-order valence-electron chi connectivity index (χ0n) is 14.3. The van der Waals surface area contributed by atoms with E-state index < -0.39 is 0 Å². The number of ether oxygens (including phenoxy) is 1. The lowest BCUT2D eigenvalue weighted by Gasteiger charge is -2.32. The fraction of sp³-hybridized carbons (Fsp3) is 0.625. The largest absolute Gasteiger partial charge is 0.367 e. The first-order chi connectivity index (χ1) is 11.4. The number of carbonyl (C=O) groups is 1. The van der Waals surface area contributed by atoms with Gasteiger partial charge in [0.15, 0.2) is 11.6 Å². The van der Waals surface area contributed by atoms with Crippen LogP contribution in [0, 0.1) is 0 Å². The number of carbonyl (C=O) groups excluding carboxylic acids is 1. The summed E-state index contributed by atoms with van der Waals surface area (Å²) in [6.45, 7) is 7.84. The molecule has 1 aliphatic rings. The number of aromatic amines is 1. The molecule has 3 rings (SSSR count). The predicted molar refractivity (Wildman–Crippen MR) is 90.8 cm³/mol. The molecular formula is C16H23N5O2S. The normalized spacial score (nSPS) is 18.8. The number of hydrogen-bond acceptors (Lipinski definition) is 6. The van der Waals surface area contributed by atoms with E-state index in [2.05, 4.69) is 40.9 Å². The van der Waals surface area contributed by atoms with E-state index in [0.29, 0.717) is 38.4 Å². The Balaban J connectivity index is 1.59. The van der Waals surface area contributed by atoms with Crippen LogP contribution >= 0.6 is 11.3 Å². The van der Waals surface area contributed by atoms with Crippen molar-refractivity contribution in [2.24, 2.45) is 0 Å². The molecule has 1 N–H and O–H groups in total. The third-order valence-corrected chi connectivity index (χ3v) is 4.61. The Bertz CT molecular complexity index is 677. The lowest BCUT2D eigenvalue weighted by atomic mass is 9.96. The van der Waals surface area contributed by atoms with Crippen LogP contribution in [0.25, 0.3) is 0 Å². The van der Waals surface area contributed by atoms with Crippen LogP contribution in [0.3, 0.4) is 0 Å². The monoisotopic (exact) mass is 349 g/mol. The summed E-state index contributed by atoms with van der Waals surface area (Å²) >= 11 is 1.55. The second-order valence-corrected chi connectivity index (χ2v) is 7.69. The zero-order valence-corrected chi connectivity index (χ0v) is 15.1. The van der Waals surface area contributed by atoms with Crippen LogP contribution in [-0.4, -0.2) is 50.7 Å². The minimum absolute atomic E-state index is 0.119. The summed E-state index contributed by atoms with van der Waals surface area (Å²) in [6, 6.07) is 0. The van der Waals surface area contributed by atoms with Crippen LogP contribution in [0.2, 0.25) is 0 Å². The van der Waals surface area contributed by atoms with Gasteiger partial charge in [0.25, 0.3) is 0 Å². The number of nitrogens with zero attached hydrogens (tertiary/aromatic N) is 4. The van der Waals surface area contributed by atoms with E-state index in [0.717, 1.165) is 11.5 Å². The van der Waals surface area contributed by atoms with Gasteiger partial charge in [-0.2, -0.15) is 5.10 Å². The molecule has 8 heteroatoms. The highest BCUT2D eigenvalue weighted by atomic mass is 32.1. The molecule has 0 bridgehead atoms. The molecule has 1 fully saturated rings. The van der Waals surface area contributed by atoms with Crippen LogP contribution in [0.1, 0.15) is 50.6 Å². The molecule has 3 heterocycles. The topological polar surface area (TPSA) is 84.0 Å². The lowest BCUT2D eigenvalue weighted by molar-refractivity contribution is -0.139. The molecule has 0 saturated carbocycles. The molecule has 1 amide bonds. The Morgan fingerprint density at radius 1 is 1.50 bits per heavy atom. The second kappa shape index (κ2) is 6.98. The van der Waals surface area contributed by atoms with Crippen molar-refractivity contribution < 1.29 is 9.53 Å². The number of amides is 1. The summed E-state index contributed by atoms with van der Waals surface area (Å²) in [4.78, 5) is 23.1. The van der Waals surface area contributed by atoms with Crippen molar-refractivity contribution in [3.8, 4) is 0 Å². The average Bonchev–Trinajstić information content (AvgIpc) is 3.23. The van der Waals surface area contributed by atoms with Crippen molar-refractivity contribution in [1.29, 1.82) is 0 Å². The van der Waals surface area contributed by atoms with Gasteiger partial charge in [-0.25, -0.2) is 9.97 Å². The summed E-state index contributed by atoms with van der Waals surface area (Å²) in [5.41, 5.74) is 2.65. The number of hydrogen-bond donors (Lipinski definition) is 1. The number of nitrogens with one attached hydrogen (secondary N) is 1. The molecule has 130 valence electrons. The first-order valence-corrected chi connectivity index (χ1v) is 9.07. The van der Waals surface area contributed by atoms with Crippen LogP contribution < -0.4 is 0 Å². The standard InChI is InChI=1S/C16H23N5O2S/c1-16(2,3)15-18-14(19-20-15)12-8-21(6-7-23-12)13(22)5-4-11-9-24-10-17-11/h9-10,12H,4-8H2,1-3H3,(H,18,19,20)/t12-/m1/s1. The van der Waals surface area contributed by atoms with Crippen molar-refractivity contribution in [2.75, 3.05) is 19.7 Å². The quantitative estimate of drug-likeness (QED) is 0.914. The molecule has 2 aromatic heterocycles. The van der Waals surface area contributed by atoms with Gasteiger partial charge in [0.1, 0.15) is 6.10 Å². The molecular weight excluding hydrogens is 326 g/mol. The zero-order chi connectivity index (χ0) is 17.2. The molecule has 0 spiro atoms. The Morgan fingerprint density at radius 3 is 3.00 bits per heavy atom. The van der Waals surface area contributed by atoms with E-state index in [9.17, 15) is 4.79 Å². The number of aromatic nitrogens is 4. The van der Waals surface area contributed by atoms with Crippen molar-refractivity contribution in [3.05, 3.63) is 28.2 Å². The first-order valence-electron chi connectivity index (χ1n) is 8.12. The van der Waals surface area contributed by atoms with Gasteiger partial charge in [0.05, 0.1) is 24.4 Å². The maximum atomic E-state index is 12.4. The lowest BCUT2D eigenvalue weighted by Crippen LogP contribution is -2.42. The average molecular weight is 349 g/mol. The van der Waals surface area contributed by atoms with Gasteiger partial charge >= 0.3 is 0 Å². The fourth-order valence-corrected chi connectivity index (χ4v) is 3.14. The Morgan fingerprint density at radius 2 is 2.33 bits per heavy atom. The second-order valence-electron chi connectivity index (χ2n) is 6.97. The van der Waals surface area contributed by atoms with Gasteiger partial charge in [-0.1, -0.05) is 20.8 Å². The van der Waals surface area contributed by atoms with Crippen LogP contribution in [0.5, 0.6) is 0 Å². The van der Waals surface area contributed by atoms with Crippen molar-refractivity contribution in [3.63, 3.8) is 0 Å². The van der Waals surface area contributed by atoms with Gasteiger partial charge in [0.2, 0.25) is 5.91 Å². The molecule has 0 aliphatic carbocycles. The molecule has 2 aromatic rings. The summed E-state index contributed by atoms with van der Waals surface area (Å²) < 4.78 is 5.78. The highest BCUT2D eigenvalue weighted by molar-refractivity contribution is 7.07. The molecule has 7 nitrogen and oxygen atoms in total. The summed E-state index contributed by atoms with van der Waals surface area (Å²) in [5.74, 6) is 1.58. The van der Waals surface area contributed by atoms with Crippen molar-refractivity contribution >= 4 is 17.2 Å². The van der Waals surface area contributed by atoms with E-state index in [1.807, 2.05) is 10.3 Å². The van der Waals surface area contributed by atoms with Crippen LogP contribution in [0.4, 0.5) is 0 Å². The minimum Gasteiger partial charge on any atom is -0.367 e. The van der Waals surface area contributed by atoms with Crippen LogP contribution in [0.15, 0.2) is 10.9 Å². The number of rotatable bonds is 4. The highest BCUT2D eigenvalue weighted by Gasteiger charge is 2.29. The van der Waals surface area contributed by atoms with E-state index in [1.165, 1.54) is 0 Å². The molecule has 0 radical (unpaired) electrons. The first kappa shape index (κ1) is 17.0.